The van der Waals surface area contributed by atoms with E-state index in [-0.39, 0.29) is 11.9 Å². The predicted octanol–water partition coefficient (Wildman–Crippen LogP) is 3.14. The molecule has 0 aliphatic carbocycles. The summed E-state index contributed by atoms with van der Waals surface area (Å²) >= 11 is 0. The zero-order chi connectivity index (χ0) is 12.1. The zero-order valence-corrected chi connectivity index (χ0v) is 10.4. The van der Waals surface area contributed by atoms with Crippen LogP contribution in [0.4, 0.5) is 0 Å². The second-order valence-electron chi connectivity index (χ2n) is 4.36. The van der Waals surface area contributed by atoms with Gasteiger partial charge >= 0.3 is 0 Å². The first-order valence-electron chi connectivity index (χ1n) is 5.51. The minimum atomic E-state index is -0.0342. The lowest BCUT2D eigenvalue weighted by atomic mass is 10.1. The van der Waals surface area contributed by atoms with Gasteiger partial charge in [-0.1, -0.05) is 35.4 Å². The Balaban J connectivity index is 2.65. The number of hydrogen-bond acceptors (Lipinski definition) is 1. The van der Waals surface area contributed by atoms with Crippen LogP contribution in [0.25, 0.3) is 0 Å². The third kappa shape index (κ3) is 3.89. The number of benzene rings is 1. The van der Waals surface area contributed by atoms with Gasteiger partial charge in [-0.2, -0.15) is 0 Å². The summed E-state index contributed by atoms with van der Waals surface area (Å²) in [6, 6.07) is 8.24. The normalized spacial score (nSPS) is 11.8. The van der Waals surface area contributed by atoms with Crippen LogP contribution < -0.4 is 5.32 Å². The molecule has 16 heavy (non-hydrogen) atoms. The second kappa shape index (κ2) is 5.50. The van der Waals surface area contributed by atoms with E-state index in [4.69, 9.17) is 0 Å². The summed E-state index contributed by atoms with van der Waals surface area (Å²) in [5, 5.41) is 2.93. The molecule has 0 saturated carbocycles. The molecule has 0 bridgehead atoms. The molecule has 1 aromatic carbocycles. The molecule has 86 valence electrons. The molecule has 0 fully saturated rings. The lowest BCUT2D eigenvalue weighted by molar-refractivity contribution is -0.117. The lowest BCUT2D eigenvalue weighted by Crippen LogP contribution is -2.24. The zero-order valence-electron chi connectivity index (χ0n) is 10.4. The highest BCUT2D eigenvalue weighted by atomic mass is 16.1. The van der Waals surface area contributed by atoms with E-state index in [1.807, 2.05) is 32.9 Å². The molecule has 0 aliphatic heterocycles. The van der Waals surface area contributed by atoms with Crippen molar-refractivity contribution >= 4 is 5.91 Å². The van der Waals surface area contributed by atoms with Crippen molar-refractivity contribution in [3.05, 3.63) is 47.0 Å². The highest BCUT2D eigenvalue weighted by molar-refractivity contribution is 5.88. The van der Waals surface area contributed by atoms with Gasteiger partial charge in [0.25, 0.3) is 0 Å². The van der Waals surface area contributed by atoms with Crippen LogP contribution >= 0.6 is 0 Å². The Bertz CT molecular complexity index is 386. The van der Waals surface area contributed by atoms with Gasteiger partial charge in [0.1, 0.15) is 0 Å². The van der Waals surface area contributed by atoms with Crippen molar-refractivity contribution in [1.29, 1.82) is 0 Å². The van der Waals surface area contributed by atoms with E-state index in [0.29, 0.717) is 0 Å². The summed E-state index contributed by atoms with van der Waals surface area (Å²) in [5.41, 5.74) is 3.36. The predicted molar refractivity (Wildman–Crippen MR) is 67.2 cm³/mol. The van der Waals surface area contributed by atoms with Crippen LogP contribution in [-0.4, -0.2) is 5.91 Å². The fourth-order valence-electron chi connectivity index (χ4n) is 1.46. The first-order chi connectivity index (χ1) is 7.49. The van der Waals surface area contributed by atoms with Crippen LogP contribution in [-0.2, 0) is 4.79 Å². The van der Waals surface area contributed by atoms with Gasteiger partial charge in [-0.15, -0.1) is 0 Å². The van der Waals surface area contributed by atoms with E-state index >= 15 is 0 Å². The average molecular weight is 217 g/mol. The Morgan fingerprint density at radius 3 is 2.31 bits per heavy atom. The average Bonchev–Trinajstić information content (AvgIpc) is 2.16. The van der Waals surface area contributed by atoms with E-state index in [9.17, 15) is 4.79 Å². The van der Waals surface area contributed by atoms with Gasteiger partial charge in [-0.05, 0) is 33.3 Å². The maximum Gasteiger partial charge on any atom is 0.244 e. The molecule has 1 atom stereocenters. The Hall–Kier alpha value is -1.57. The van der Waals surface area contributed by atoms with E-state index in [2.05, 4.69) is 24.4 Å². The van der Waals surface area contributed by atoms with Crippen molar-refractivity contribution in [2.45, 2.75) is 33.7 Å². The summed E-state index contributed by atoms with van der Waals surface area (Å²) in [7, 11) is 0. The summed E-state index contributed by atoms with van der Waals surface area (Å²) in [6.45, 7) is 7.86. The van der Waals surface area contributed by atoms with Crippen LogP contribution in [0.1, 0.15) is 37.9 Å². The minimum absolute atomic E-state index is 0.0342. The van der Waals surface area contributed by atoms with E-state index in [1.165, 1.54) is 5.56 Å². The molecule has 0 heterocycles. The molecular formula is C14H19NO. The molecule has 2 heteroatoms. The number of carbonyl (C=O) groups excluding carboxylic acids is 1. The number of carbonyl (C=O) groups is 1. The van der Waals surface area contributed by atoms with E-state index < -0.39 is 0 Å². The lowest BCUT2D eigenvalue weighted by Gasteiger charge is -2.13. The second-order valence-corrected chi connectivity index (χ2v) is 4.36. The number of rotatable bonds is 3. The van der Waals surface area contributed by atoms with Crippen molar-refractivity contribution in [2.24, 2.45) is 0 Å². The smallest absolute Gasteiger partial charge is 0.244 e. The van der Waals surface area contributed by atoms with Gasteiger partial charge in [-0.3, -0.25) is 4.79 Å². The molecule has 0 aliphatic rings. The molecule has 1 rings (SSSR count). The van der Waals surface area contributed by atoms with Crippen LogP contribution in [0.3, 0.4) is 0 Å². The highest BCUT2D eigenvalue weighted by Crippen LogP contribution is 2.12. The third-order valence-corrected chi connectivity index (χ3v) is 2.36. The van der Waals surface area contributed by atoms with E-state index in [1.54, 1.807) is 6.08 Å². The van der Waals surface area contributed by atoms with Gasteiger partial charge in [0, 0.05) is 6.08 Å². The molecule has 2 nitrogen and oxygen atoms in total. The first-order valence-corrected chi connectivity index (χ1v) is 5.51. The largest absolute Gasteiger partial charge is 0.346 e. The van der Waals surface area contributed by atoms with Gasteiger partial charge in [-0.25, -0.2) is 0 Å². The molecule has 1 N–H and O–H groups in total. The van der Waals surface area contributed by atoms with E-state index in [0.717, 1.165) is 11.1 Å². The highest BCUT2D eigenvalue weighted by Gasteiger charge is 2.06. The Kier molecular flexibility index (Phi) is 4.29. The van der Waals surface area contributed by atoms with Crippen molar-refractivity contribution in [3.8, 4) is 0 Å². The van der Waals surface area contributed by atoms with Crippen LogP contribution in [0.2, 0.25) is 0 Å². The van der Waals surface area contributed by atoms with Crippen molar-refractivity contribution in [2.75, 3.05) is 0 Å². The molecule has 0 saturated heterocycles. The standard InChI is InChI=1S/C14H19NO/c1-10(2)9-14(16)15-12(4)13-7-5-11(3)6-8-13/h5-9,12H,1-4H3,(H,15,16). The molecule has 1 unspecified atom stereocenters. The quantitative estimate of drug-likeness (QED) is 0.774. The molecule has 0 aromatic heterocycles. The SMILES string of the molecule is CC(C)=CC(=O)NC(C)c1ccc(C)cc1. The fraction of sp³-hybridized carbons (Fsp3) is 0.357. The molecule has 1 amide bonds. The van der Waals surface area contributed by atoms with Gasteiger partial charge in [0.2, 0.25) is 5.91 Å². The van der Waals surface area contributed by atoms with Crippen molar-refractivity contribution in [3.63, 3.8) is 0 Å². The third-order valence-electron chi connectivity index (χ3n) is 2.36. The minimum Gasteiger partial charge on any atom is -0.346 e. The monoisotopic (exact) mass is 217 g/mol. The topological polar surface area (TPSA) is 29.1 Å². The van der Waals surface area contributed by atoms with Gasteiger partial charge < -0.3 is 5.32 Å². The molecule has 0 spiro atoms. The Morgan fingerprint density at radius 2 is 1.81 bits per heavy atom. The number of aryl methyl sites for hydroxylation is 1. The Labute approximate surface area is 97.4 Å². The maximum atomic E-state index is 11.5. The summed E-state index contributed by atoms with van der Waals surface area (Å²) in [4.78, 5) is 11.5. The van der Waals surface area contributed by atoms with Crippen LogP contribution in [0.15, 0.2) is 35.9 Å². The number of hydrogen-bond donors (Lipinski definition) is 1. The van der Waals surface area contributed by atoms with Crippen molar-refractivity contribution in [1.82, 2.24) is 5.32 Å². The van der Waals surface area contributed by atoms with Gasteiger partial charge in [0.15, 0.2) is 0 Å². The number of amides is 1. The van der Waals surface area contributed by atoms with Crippen LogP contribution in [0.5, 0.6) is 0 Å². The molecular weight excluding hydrogens is 198 g/mol. The fourth-order valence-corrected chi connectivity index (χ4v) is 1.46. The number of allylic oxidation sites excluding steroid dienone is 1. The molecule has 0 radical (unpaired) electrons. The van der Waals surface area contributed by atoms with Gasteiger partial charge in [0.05, 0.1) is 6.04 Å². The van der Waals surface area contributed by atoms with Crippen molar-refractivity contribution < 1.29 is 4.79 Å². The first kappa shape index (κ1) is 12.5. The Morgan fingerprint density at radius 1 is 1.25 bits per heavy atom. The maximum absolute atomic E-state index is 11.5. The number of nitrogens with one attached hydrogen (secondary N) is 1. The summed E-state index contributed by atoms with van der Waals surface area (Å²) in [5.74, 6) is -0.0342. The van der Waals surface area contributed by atoms with Crippen LogP contribution in [0, 0.1) is 6.92 Å². The summed E-state index contributed by atoms with van der Waals surface area (Å²) < 4.78 is 0. The molecule has 1 aromatic rings. The summed E-state index contributed by atoms with van der Waals surface area (Å²) in [6.07, 6.45) is 1.62.